The highest BCUT2D eigenvalue weighted by Gasteiger charge is 2.28. The molecule has 1 saturated heterocycles. The molecule has 1 fully saturated rings. The Labute approximate surface area is 121 Å². The summed E-state index contributed by atoms with van der Waals surface area (Å²) in [5.41, 5.74) is 0.762. The standard InChI is InChI=1S/C14H16ClNO4/c15-10-4-1-3-9(7-10)8-11(14(18)19)16-13(17)12-5-2-6-20-12/h1,3-4,7,11-12H,2,5-6,8H2,(H,16,17)(H,18,19)/t11-,12+/m1/s1. The normalized spacial score (nSPS) is 19.6. The fourth-order valence-corrected chi connectivity index (χ4v) is 2.36. The smallest absolute Gasteiger partial charge is 0.326 e. The van der Waals surface area contributed by atoms with Gasteiger partial charge in [0.25, 0.3) is 0 Å². The van der Waals surface area contributed by atoms with Crippen LogP contribution in [0.5, 0.6) is 0 Å². The van der Waals surface area contributed by atoms with Crippen LogP contribution in [0.1, 0.15) is 18.4 Å². The lowest BCUT2D eigenvalue weighted by atomic mass is 10.1. The first kappa shape index (κ1) is 14.8. The number of nitrogens with one attached hydrogen (secondary N) is 1. The lowest BCUT2D eigenvalue weighted by Crippen LogP contribution is -2.46. The molecule has 0 unspecified atom stereocenters. The minimum absolute atomic E-state index is 0.189. The molecule has 108 valence electrons. The van der Waals surface area contributed by atoms with Crippen LogP contribution in [0, 0.1) is 0 Å². The number of hydrogen-bond donors (Lipinski definition) is 2. The van der Waals surface area contributed by atoms with Gasteiger partial charge < -0.3 is 15.2 Å². The summed E-state index contributed by atoms with van der Waals surface area (Å²) in [5, 5.41) is 12.3. The molecule has 1 aliphatic heterocycles. The minimum Gasteiger partial charge on any atom is -0.480 e. The molecule has 1 aromatic rings. The zero-order valence-corrected chi connectivity index (χ0v) is 11.6. The van der Waals surface area contributed by atoms with Crippen LogP contribution in [0.4, 0.5) is 0 Å². The van der Waals surface area contributed by atoms with Crippen LogP contribution in [-0.4, -0.2) is 35.7 Å². The van der Waals surface area contributed by atoms with Crippen molar-refractivity contribution in [2.75, 3.05) is 6.61 Å². The van der Waals surface area contributed by atoms with Gasteiger partial charge in [-0.1, -0.05) is 23.7 Å². The maximum absolute atomic E-state index is 11.9. The van der Waals surface area contributed by atoms with E-state index in [1.54, 1.807) is 24.3 Å². The second-order valence-electron chi connectivity index (χ2n) is 4.74. The first-order valence-corrected chi connectivity index (χ1v) is 6.83. The van der Waals surface area contributed by atoms with E-state index in [0.29, 0.717) is 18.1 Å². The molecule has 5 nitrogen and oxygen atoms in total. The molecule has 0 aromatic heterocycles. The highest BCUT2D eigenvalue weighted by atomic mass is 35.5. The monoisotopic (exact) mass is 297 g/mol. The van der Waals surface area contributed by atoms with Crippen molar-refractivity contribution in [3.05, 3.63) is 34.9 Å². The predicted octanol–water partition coefficient (Wildman–Crippen LogP) is 1.63. The summed E-state index contributed by atoms with van der Waals surface area (Å²) in [5.74, 6) is -1.44. The number of halogens is 1. The summed E-state index contributed by atoms with van der Waals surface area (Å²) in [6, 6.07) is 5.95. The van der Waals surface area contributed by atoms with E-state index in [4.69, 9.17) is 16.3 Å². The minimum atomic E-state index is -1.07. The molecule has 1 aromatic carbocycles. The van der Waals surface area contributed by atoms with Crippen LogP contribution in [0.25, 0.3) is 0 Å². The van der Waals surface area contributed by atoms with Crippen molar-refractivity contribution < 1.29 is 19.4 Å². The number of rotatable bonds is 5. The molecule has 1 aliphatic rings. The molecule has 20 heavy (non-hydrogen) atoms. The maximum Gasteiger partial charge on any atom is 0.326 e. The number of carbonyl (C=O) groups excluding carboxylic acids is 1. The first-order chi connectivity index (χ1) is 9.56. The lowest BCUT2D eigenvalue weighted by molar-refractivity contribution is -0.143. The van der Waals surface area contributed by atoms with E-state index in [2.05, 4.69) is 5.32 Å². The summed E-state index contributed by atoms with van der Waals surface area (Å²) in [6.07, 6.45) is 1.12. The Morgan fingerprint density at radius 1 is 1.50 bits per heavy atom. The van der Waals surface area contributed by atoms with Crippen molar-refractivity contribution in [2.45, 2.75) is 31.4 Å². The van der Waals surface area contributed by atoms with Crippen LogP contribution in [0.15, 0.2) is 24.3 Å². The highest BCUT2D eigenvalue weighted by molar-refractivity contribution is 6.30. The Balaban J connectivity index is 2.00. The Bertz CT molecular complexity index is 500. The summed E-state index contributed by atoms with van der Waals surface area (Å²) in [7, 11) is 0. The Morgan fingerprint density at radius 2 is 2.30 bits per heavy atom. The maximum atomic E-state index is 11.9. The van der Waals surface area contributed by atoms with Crippen LogP contribution < -0.4 is 5.32 Å². The molecule has 1 heterocycles. The summed E-state index contributed by atoms with van der Waals surface area (Å²) in [6.45, 7) is 0.546. The zero-order valence-electron chi connectivity index (χ0n) is 10.8. The SMILES string of the molecule is O=C(N[C@H](Cc1cccc(Cl)c1)C(=O)O)[C@@H]1CCCO1. The molecular weight excluding hydrogens is 282 g/mol. The second kappa shape index (κ2) is 6.72. The number of amides is 1. The number of hydrogen-bond acceptors (Lipinski definition) is 3. The van der Waals surface area contributed by atoms with Gasteiger partial charge in [0.1, 0.15) is 12.1 Å². The van der Waals surface area contributed by atoms with Gasteiger partial charge in [-0.15, -0.1) is 0 Å². The van der Waals surface area contributed by atoms with Crippen LogP contribution in [-0.2, 0) is 20.7 Å². The molecule has 0 spiro atoms. The van der Waals surface area contributed by atoms with Crippen molar-refractivity contribution in [1.82, 2.24) is 5.32 Å². The van der Waals surface area contributed by atoms with Gasteiger partial charge >= 0.3 is 5.97 Å². The lowest BCUT2D eigenvalue weighted by Gasteiger charge is -2.17. The number of benzene rings is 1. The quantitative estimate of drug-likeness (QED) is 0.866. The summed E-state index contributed by atoms with van der Waals surface area (Å²) >= 11 is 5.86. The summed E-state index contributed by atoms with van der Waals surface area (Å²) in [4.78, 5) is 23.1. The van der Waals surface area contributed by atoms with Gasteiger partial charge in [0, 0.05) is 18.1 Å². The summed E-state index contributed by atoms with van der Waals surface area (Å²) < 4.78 is 5.24. The molecule has 2 atom stereocenters. The van der Waals surface area contributed by atoms with Crippen LogP contribution in [0.3, 0.4) is 0 Å². The Kier molecular flexibility index (Phi) is 4.98. The van der Waals surface area contributed by atoms with E-state index in [0.717, 1.165) is 12.0 Å². The molecule has 2 N–H and O–H groups in total. The zero-order chi connectivity index (χ0) is 14.5. The molecule has 2 rings (SSSR count). The third-order valence-corrected chi connectivity index (χ3v) is 3.40. The van der Waals surface area contributed by atoms with E-state index >= 15 is 0 Å². The molecule has 0 saturated carbocycles. The number of carboxylic acid groups (broad SMARTS) is 1. The molecular formula is C14H16ClNO4. The Hall–Kier alpha value is -1.59. The van der Waals surface area contributed by atoms with Crippen molar-refractivity contribution >= 4 is 23.5 Å². The molecule has 0 aliphatic carbocycles. The second-order valence-corrected chi connectivity index (χ2v) is 5.17. The highest BCUT2D eigenvalue weighted by Crippen LogP contribution is 2.14. The van der Waals surface area contributed by atoms with Gasteiger partial charge in [0.15, 0.2) is 0 Å². The van der Waals surface area contributed by atoms with Crippen molar-refractivity contribution in [2.24, 2.45) is 0 Å². The first-order valence-electron chi connectivity index (χ1n) is 6.45. The average Bonchev–Trinajstić information content (AvgIpc) is 2.91. The fourth-order valence-electron chi connectivity index (χ4n) is 2.15. The molecule has 0 radical (unpaired) electrons. The van der Waals surface area contributed by atoms with Gasteiger partial charge in [-0.3, -0.25) is 4.79 Å². The third-order valence-electron chi connectivity index (χ3n) is 3.17. The van der Waals surface area contributed by atoms with Gasteiger partial charge in [0.2, 0.25) is 5.91 Å². The van der Waals surface area contributed by atoms with Crippen LogP contribution >= 0.6 is 11.6 Å². The topological polar surface area (TPSA) is 75.6 Å². The van der Waals surface area contributed by atoms with Crippen LogP contribution in [0.2, 0.25) is 5.02 Å². The molecule has 0 bridgehead atoms. The van der Waals surface area contributed by atoms with Crippen molar-refractivity contribution in [3.8, 4) is 0 Å². The Morgan fingerprint density at radius 3 is 2.90 bits per heavy atom. The van der Waals surface area contributed by atoms with Crippen molar-refractivity contribution in [1.29, 1.82) is 0 Å². The fraction of sp³-hybridized carbons (Fsp3) is 0.429. The van der Waals surface area contributed by atoms with Gasteiger partial charge in [-0.25, -0.2) is 4.79 Å². The predicted molar refractivity (Wildman–Crippen MR) is 73.7 cm³/mol. The number of carboxylic acids is 1. The van der Waals surface area contributed by atoms with E-state index in [1.165, 1.54) is 0 Å². The van der Waals surface area contributed by atoms with E-state index in [1.807, 2.05) is 0 Å². The van der Waals surface area contributed by atoms with Gasteiger partial charge in [-0.2, -0.15) is 0 Å². The average molecular weight is 298 g/mol. The number of carbonyl (C=O) groups is 2. The molecule has 1 amide bonds. The number of ether oxygens (including phenoxy) is 1. The van der Waals surface area contributed by atoms with E-state index in [-0.39, 0.29) is 12.3 Å². The van der Waals surface area contributed by atoms with Gasteiger partial charge in [-0.05, 0) is 30.5 Å². The molecule has 6 heteroatoms. The number of aliphatic carboxylic acids is 1. The van der Waals surface area contributed by atoms with Gasteiger partial charge in [0.05, 0.1) is 0 Å². The third kappa shape index (κ3) is 3.95. The van der Waals surface area contributed by atoms with E-state index < -0.39 is 18.1 Å². The van der Waals surface area contributed by atoms with E-state index in [9.17, 15) is 14.7 Å². The largest absolute Gasteiger partial charge is 0.480 e. The van der Waals surface area contributed by atoms with Crippen molar-refractivity contribution in [3.63, 3.8) is 0 Å².